The predicted octanol–water partition coefficient (Wildman–Crippen LogP) is -3.02. The van der Waals surface area contributed by atoms with E-state index in [1.54, 1.807) is 0 Å². The minimum absolute atomic E-state index is 2.24. The summed E-state index contributed by atoms with van der Waals surface area (Å²) in [5.74, 6) is -2.24. The molecule has 0 aliphatic carbocycles. The molecule has 3 N–H and O–H groups in total. The van der Waals surface area contributed by atoms with Gasteiger partial charge >= 0.3 is 4.24 Å². The number of rotatable bonds is 2. The Morgan fingerprint density at radius 2 is 3.20 bits per heavy atom. The molecule has 0 aromatic heterocycles. The van der Waals surface area contributed by atoms with E-state index in [0.29, 0.717) is 0 Å². The van der Waals surface area contributed by atoms with Gasteiger partial charge in [0.2, 0.25) is 0 Å². The Kier molecular flexibility index (Phi) is 0.253. The molecular weight excluding hydrogens is 70.0 g/mol. The lowest BCUT2D eigenvalue weighted by Gasteiger charge is -1.84. The van der Waals surface area contributed by atoms with Gasteiger partial charge in [-0.25, -0.2) is 0 Å². The minimum Gasteiger partial charge on any atom is -0.544 e. The van der Waals surface area contributed by atoms with Crippen LogP contribution in [0, 0.1) is 0 Å². The Labute approximate surface area is 36.6 Å². The molecule has 0 rings (SSSR count). The topological polar surface area (TPSA) is 67.8 Å². The van der Waals surface area contributed by atoms with Crippen molar-refractivity contribution in [2.75, 3.05) is 6.50 Å². The summed E-state index contributed by atoms with van der Waals surface area (Å²) in [5.41, 5.74) is -2.55. The van der Waals surface area contributed by atoms with E-state index in [-0.39, 0.29) is 0 Å². The smallest absolute Gasteiger partial charge is 0.344 e. The fraction of sp³-hybridized carbons (Fsp3) is 0.500. The van der Waals surface area contributed by atoms with E-state index >= 15 is 0 Å². The molecule has 0 fully saturated rings. The van der Waals surface area contributed by atoms with Gasteiger partial charge in [0.15, 0.2) is 0 Å². The van der Waals surface area contributed by atoms with Crippen molar-refractivity contribution in [2.45, 2.75) is 0 Å². The molecule has 0 amide bonds. The van der Waals surface area contributed by atoms with Gasteiger partial charge in [-0.2, -0.15) is 0 Å². The van der Waals surface area contributed by atoms with Gasteiger partial charge in [-0.05, 0) is 0 Å². The number of carbonyl (C=O) groups is 1. The van der Waals surface area contributed by atoms with Crippen LogP contribution < -0.4 is 10.8 Å². The molecule has 0 heterocycles. The van der Waals surface area contributed by atoms with E-state index < -0.39 is 18.2 Å². The number of carboxylic acid groups (broad SMARTS) is 1. The molecule has 0 aromatic carbocycles. The molecule has 0 bridgehead atoms. The first kappa shape index (κ1) is 0.733. The third-order valence-electron chi connectivity index (χ3n) is 0.0913. The van der Waals surface area contributed by atoms with Crippen molar-refractivity contribution in [3.63, 3.8) is 0 Å². The monoisotopic (exact) mass is 80.1 g/mol. The van der Waals surface area contributed by atoms with Crippen LogP contribution in [0.25, 0.3) is 0 Å². The SMILES string of the molecule is [2H]C([2H])(C(=O)[O-])[N+]([2H])([2H])[2H]. The Balaban J connectivity index is 4.57. The fourth-order valence-electron chi connectivity index (χ4n) is 0. The van der Waals surface area contributed by atoms with E-state index in [0.717, 1.165) is 0 Å². The molecule has 3 heteroatoms. The van der Waals surface area contributed by atoms with Crippen LogP contribution in [-0.4, -0.2) is 12.5 Å². The fourth-order valence-corrected chi connectivity index (χ4v) is 0. The zero-order chi connectivity index (χ0) is 8.58. The lowest BCUT2D eigenvalue weighted by molar-refractivity contribution is -0.396. The summed E-state index contributed by atoms with van der Waals surface area (Å²) >= 11 is 0. The Bertz CT molecular complexity index is 150. The second-order valence-corrected chi connectivity index (χ2v) is 0.399. The Hall–Kier alpha value is -0.570. The second-order valence-electron chi connectivity index (χ2n) is 0.399. The quantitative estimate of drug-likeness (QED) is 0.383. The van der Waals surface area contributed by atoms with Gasteiger partial charge in [0.25, 0.3) is 0 Å². The van der Waals surface area contributed by atoms with Gasteiger partial charge in [-0.15, -0.1) is 0 Å². The van der Waals surface area contributed by atoms with Crippen molar-refractivity contribution in [1.29, 1.82) is 0 Å². The molecule has 30 valence electrons. The molecule has 3 nitrogen and oxygen atoms in total. The maximum absolute atomic E-state index is 9.81. The summed E-state index contributed by atoms with van der Waals surface area (Å²) in [6.45, 7) is -3.32. The van der Waals surface area contributed by atoms with Crippen LogP contribution >= 0.6 is 0 Å². The number of aliphatic carboxylic acids is 1. The summed E-state index contributed by atoms with van der Waals surface area (Å²) in [6, 6.07) is 0. The highest BCUT2D eigenvalue weighted by molar-refractivity contribution is 5.64. The first-order valence-corrected chi connectivity index (χ1v) is 0.882. The van der Waals surface area contributed by atoms with Gasteiger partial charge in [0, 0.05) is 0 Å². The van der Waals surface area contributed by atoms with Gasteiger partial charge in [0.05, 0.1) is 8.71 Å². The van der Waals surface area contributed by atoms with Crippen LogP contribution in [0.3, 0.4) is 0 Å². The highest BCUT2D eigenvalue weighted by Gasteiger charge is 1.69. The van der Waals surface area contributed by atoms with Crippen LogP contribution in [-0.2, 0) is 4.79 Å². The summed E-state index contributed by atoms with van der Waals surface area (Å²) in [4.78, 5) is 9.81. The molecule has 0 spiro atoms. The molecule has 0 unspecified atom stereocenters. The normalized spacial score (nSPS) is 27.6. The zero-order valence-corrected chi connectivity index (χ0v) is 2.26. The molecule has 0 radical (unpaired) electrons. The van der Waals surface area contributed by atoms with E-state index in [4.69, 9.17) is 6.98 Å². The third kappa shape index (κ3) is 3.43. The van der Waals surface area contributed by atoms with Crippen LogP contribution in [0.4, 0.5) is 0 Å². The van der Waals surface area contributed by atoms with Crippen molar-refractivity contribution in [3.8, 4) is 0 Å². The number of carbonyl (C=O) groups excluding carboxylic acids is 1. The summed E-state index contributed by atoms with van der Waals surface area (Å²) < 4.78 is 31.9. The summed E-state index contributed by atoms with van der Waals surface area (Å²) in [6.07, 6.45) is 0. The molecule has 5 heavy (non-hydrogen) atoms. The van der Waals surface area contributed by atoms with E-state index in [2.05, 4.69) is 0 Å². The number of hydrogen-bond donors (Lipinski definition) is 1. The van der Waals surface area contributed by atoms with Crippen LogP contribution in [0.2, 0.25) is 4.24 Å². The number of quaternary nitrogens is 1. The van der Waals surface area contributed by atoms with Crippen LogP contribution in [0.15, 0.2) is 0 Å². The molecule has 0 aromatic rings. The van der Waals surface area contributed by atoms with Crippen LogP contribution in [0.1, 0.15) is 2.74 Å². The Morgan fingerprint density at radius 3 is 3.20 bits per heavy atom. The predicted molar refractivity (Wildman–Crippen MR) is 12.8 cm³/mol. The van der Waals surface area contributed by atoms with Gasteiger partial charge in [-0.3, -0.25) is 0 Å². The average Bonchev–Trinajstić information content (AvgIpc) is 1.62. The van der Waals surface area contributed by atoms with E-state index in [1.807, 2.05) is 0 Å². The van der Waals surface area contributed by atoms with Crippen LogP contribution in [0.5, 0.6) is 0 Å². The van der Waals surface area contributed by atoms with Crippen molar-refractivity contribution in [3.05, 3.63) is 0 Å². The lowest BCUT2D eigenvalue weighted by atomic mass is 10.7. The molecule has 0 saturated heterocycles. The van der Waals surface area contributed by atoms with E-state index in [1.165, 1.54) is 0 Å². The molecule has 0 aliphatic rings. The number of hydrogen-bond acceptors (Lipinski definition) is 2. The molecular formula is C2H5NO2. The average molecular weight is 80.1 g/mol. The maximum atomic E-state index is 9.81. The molecule has 0 atom stereocenters. The first-order valence-electron chi connectivity index (χ1n) is 3.22. The highest BCUT2D eigenvalue weighted by atomic mass is 16.4. The van der Waals surface area contributed by atoms with Gasteiger partial charge in [0.1, 0.15) is 6.50 Å². The van der Waals surface area contributed by atoms with Crippen molar-refractivity contribution in [2.24, 2.45) is 0 Å². The molecule has 0 aliphatic heterocycles. The second kappa shape index (κ2) is 1.72. The first-order chi connectivity index (χ1) is 4.19. The largest absolute Gasteiger partial charge is 0.544 e. The minimum atomic E-state index is -3.32. The lowest BCUT2D eigenvalue weighted by Crippen LogP contribution is -2.58. The molecule has 0 saturated carbocycles. The summed E-state index contributed by atoms with van der Waals surface area (Å²) in [7, 11) is 0. The van der Waals surface area contributed by atoms with Crippen molar-refractivity contribution >= 4 is 5.97 Å². The summed E-state index contributed by atoms with van der Waals surface area (Å²) in [5, 5.41) is 9.81. The van der Waals surface area contributed by atoms with E-state index in [9.17, 15) is 9.90 Å². The third-order valence-corrected chi connectivity index (χ3v) is 0.0913. The van der Waals surface area contributed by atoms with Gasteiger partial charge in [-0.1, -0.05) is 0 Å². The maximum Gasteiger partial charge on any atom is 0.344 e. The Morgan fingerprint density at radius 1 is 2.60 bits per heavy atom. The standard InChI is InChI=1S/C2H5NO2/c3-1-2(4)5/h1,3H2,(H,4,5)/i1D2/hD3. The number of carboxylic acids is 1. The van der Waals surface area contributed by atoms with Crippen molar-refractivity contribution in [1.82, 2.24) is 0 Å². The van der Waals surface area contributed by atoms with Crippen molar-refractivity contribution < 1.29 is 22.6 Å². The van der Waals surface area contributed by atoms with Gasteiger partial charge < -0.3 is 15.6 Å². The highest BCUT2D eigenvalue weighted by Crippen LogP contribution is 1.29. The zero-order valence-electron chi connectivity index (χ0n) is 7.26.